The maximum atomic E-state index is 13.6. The first-order valence-corrected chi connectivity index (χ1v) is 6.34. The van der Waals surface area contributed by atoms with Gasteiger partial charge in [0, 0.05) is 17.9 Å². The van der Waals surface area contributed by atoms with Crippen LogP contribution in [0.3, 0.4) is 0 Å². The molecule has 18 heavy (non-hydrogen) atoms. The predicted molar refractivity (Wildman–Crippen MR) is 66.1 cm³/mol. The van der Waals surface area contributed by atoms with Crippen LogP contribution in [0.25, 0.3) is 0 Å². The molecule has 2 fully saturated rings. The SMILES string of the molecule is CCOC(=O)CC1C(C2CCCCN2)C1(F)F.Cl. The second kappa shape index (κ2) is 6.15. The van der Waals surface area contributed by atoms with Gasteiger partial charge >= 0.3 is 5.97 Å². The van der Waals surface area contributed by atoms with E-state index < -0.39 is 23.7 Å². The smallest absolute Gasteiger partial charge is 0.306 e. The Hall–Kier alpha value is -0.420. The van der Waals surface area contributed by atoms with Crippen molar-refractivity contribution >= 4 is 18.4 Å². The second-order valence-corrected chi connectivity index (χ2v) is 4.87. The number of nitrogens with one attached hydrogen (secondary N) is 1. The van der Waals surface area contributed by atoms with E-state index in [1.807, 2.05) is 0 Å². The van der Waals surface area contributed by atoms with Crippen LogP contribution in [0.1, 0.15) is 32.6 Å². The Morgan fingerprint density at radius 2 is 2.17 bits per heavy atom. The van der Waals surface area contributed by atoms with E-state index in [9.17, 15) is 13.6 Å². The number of piperidine rings is 1. The van der Waals surface area contributed by atoms with Gasteiger partial charge in [0.2, 0.25) is 0 Å². The molecule has 1 aliphatic heterocycles. The molecule has 0 aromatic carbocycles. The van der Waals surface area contributed by atoms with Gasteiger partial charge in [-0.1, -0.05) is 6.42 Å². The van der Waals surface area contributed by atoms with E-state index in [0.29, 0.717) is 0 Å². The van der Waals surface area contributed by atoms with E-state index in [4.69, 9.17) is 4.74 Å². The molecule has 0 spiro atoms. The summed E-state index contributed by atoms with van der Waals surface area (Å²) in [7, 11) is 0. The predicted octanol–water partition coefficient (Wildman–Crippen LogP) is 2.38. The summed E-state index contributed by atoms with van der Waals surface area (Å²) >= 11 is 0. The van der Waals surface area contributed by atoms with E-state index >= 15 is 0 Å². The molecule has 6 heteroatoms. The van der Waals surface area contributed by atoms with E-state index in [-0.39, 0.29) is 31.5 Å². The molecule has 0 aromatic rings. The van der Waals surface area contributed by atoms with Gasteiger partial charge in [0.25, 0.3) is 5.92 Å². The van der Waals surface area contributed by atoms with Crippen molar-refractivity contribution in [3.63, 3.8) is 0 Å². The van der Waals surface area contributed by atoms with Crippen LogP contribution in [0.5, 0.6) is 0 Å². The van der Waals surface area contributed by atoms with Crippen molar-refractivity contribution < 1.29 is 18.3 Å². The molecular formula is C12H20ClF2NO2. The summed E-state index contributed by atoms with van der Waals surface area (Å²) in [6.07, 6.45) is 2.69. The Kier molecular flexibility index (Phi) is 5.34. The van der Waals surface area contributed by atoms with Crippen molar-refractivity contribution in [2.45, 2.75) is 44.6 Å². The molecule has 2 rings (SSSR count). The average molecular weight is 284 g/mol. The minimum absolute atomic E-state index is 0. The van der Waals surface area contributed by atoms with Crippen molar-refractivity contribution in [2.75, 3.05) is 13.2 Å². The molecule has 0 radical (unpaired) electrons. The summed E-state index contributed by atoms with van der Waals surface area (Å²) in [5.74, 6) is -4.69. The van der Waals surface area contributed by atoms with Gasteiger partial charge < -0.3 is 10.1 Å². The lowest BCUT2D eigenvalue weighted by Crippen LogP contribution is -2.37. The van der Waals surface area contributed by atoms with Gasteiger partial charge in [-0.2, -0.15) is 0 Å². The fourth-order valence-corrected chi connectivity index (χ4v) is 2.81. The molecule has 106 valence electrons. The van der Waals surface area contributed by atoms with Crippen molar-refractivity contribution in [1.82, 2.24) is 5.32 Å². The molecular weight excluding hydrogens is 264 g/mol. The summed E-state index contributed by atoms with van der Waals surface area (Å²) in [4.78, 5) is 11.2. The highest BCUT2D eigenvalue weighted by Gasteiger charge is 2.70. The lowest BCUT2D eigenvalue weighted by Gasteiger charge is -2.23. The summed E-state index contributed by atoms with van der Waals surface area (Å²) in [5, 5.41) is 3.14. The number of hydrogen-bond donors (Lipinski definition) is 1. The molecule has 3 atom stereocenters. The van der Waals surface area contributed by atoms with Crippen molar-refractivity contribution in [2.24, 2.45) is 11.8 Å². The van der Waals surface area contributed by atoms with Crippen LogP contribution in [-0.2, 0) is 9.53 Å². The molecule has 1 heterocycles. The first-order valence-electron chi connectivity index (χ1n) is 6.34. The van der Waals surface area contributed by atoms with Crippen LogP contribution in [0, 0.1) is 11.8 Å². The Morgan fingerprint density at radius 1 is 1.44 bits per heavy atom. The zero-order chi connectivity index (χ0) is 12.5. The minimum atomic E-state index is -2.69. The molecule has 3 unspecified atom stereocenters. The topological polar surface area (TPSA) is 38.3 Å². The second-order valence-electron chi connectivity index (χ2n) is 4.87. The van der Waals surface area contributed by atoms with Gasteiger partial charge in [-0.05, 0) is 26.3 Å². The largest absolute Gasteiger partial charge is 0.466 e. The van der Waals surface area contributed by atoms with Crippen LogP contribution >= 0.6 is 12.4 Å². The molecule has 1 saturated carbocycles. The van der Waals surface area contributed by atoms with Gasteiger partial charge in [-0.15, -0.1) is 12.4 Å². The van der Waals surface area contributed by atoms with E-state index in [0.717, 1.165) is 25.8 Å². The molecule has 1 saturated heterocycles. The van der Waals surface area contributed by atoms with Crippen molar-refractivity contribution in [3.8, 4) is 0 Å². The first kappa shape index (κ1) is 15.6. The number of hydrogen-bond acceptors (Lipinski definition) is 3. The van der Waals surface area contributed by atoms with E-state index in [1.54, 1.807) is 6.92 Å². The van der Waals surface area contributed by atoms with Crippen molar-refractivity contribution in [1.29, 1.82) is 0 Å². The number of halogens is 3. The zero-order valence-electron chi connectivity index (χ0n) is 10.5. The Labute approximate surface area is 112 Å². The van der Waals surface area contributed by atoms with Gasteiger partial charge in [0.15, 0.2) is 0 Å². The fourth-order valence-electron chi connectivity index (χ4n) is 2.81. The third-order valence-corrected chi connectivity index (χ3v) is 3.74. The Morgan fingerprint density at radius 3 is 2.72 bits per heavy atom. The highest BCUT2D eigenvalue weighted by Crippen LogP contribution is 2.59. The number of rotatable bonds is 4. The maximum Gasteiger partial charge on any atom is 0.306 e. The molecule has 0 aromatic heterocycles. The van der Waals surface area contributed by atoms with Gasteiger partial charge in [0.1, 0.15) is 0 Å². The van der Waals surface area contributed by atoms with Crippen LogP contribution in [0.15, 0.2) is 0 Å². The average Bonchev–Trinajstić information content (AvgIpc) is 2.82. The summed E-state index contributed by atoms with van der Waals surface area (Å²) < 4.78 is 31.9. The van der Waals surface area contributed by atoms with E-state index in [1.165, 1.54) is 0 Å². The third-order valence-electron chi connectivity index (χ3n) is 3.74. The standard InChI is InChI=1S/C12H19F2NO2.ClH/c1-2-17-10(16)7-8-11(12(8,13)14)9-5-3-4-6-15-9;/h8-9,11,15H,2-7H2,1H3;1H. The quantitative estimate of drug-likeness (QED) is 0.805. The lowest BCUT2D eigenvalue weighted by molar-refractivity contribution is -0.144. The normalized spacial score (nSPS) is 33.4. The van der Waals surface area contributed by atoms with Crippen molar-refractivity contribution in [3.05, 3.63) is 0 Å². The van der Waals surface area contributed by atoms with Gasteiger partial charge in [0.05, 0.1) is 13.0 Å². The first-order chi connectivity index (χ1) is 8.07. The molecule has 1 N–H and O–H groups in total. The highest BCUT2D eigenvalue weighted by atomic mass is 35.5. The Balaban J connectivity index is 0.00000162. The monoisotopic (exact) mass is 283 g/mol. The van der Waals surface area contributed by atoms with Crippen LogP contribution in [0.2, 0.25) is 0 Å². The zero-order valence-corrected chi connectivity index (χ0v) is 11.3. The van der Waals surface area contributed by atoms with E-state index in [2.05, 4.69) is 5.32 Å². The summed E-state index contributed by atoms with van der Waals surface area (Å²) in [6.45, 7) is 2.75. The summed E-state index contributed by atoms with van der Waals surface area (Å²) in [6, 6.07) is -0.127. The number of carbonyl (C=O) groups is 1. The molecule has 0 amide bonds. The lowest BCUT2D eigenvalue weighted by atomic mass is 9.99. The minimum Gasteiger partial charge on any atom is -0.466 e. The number of esters is 1. The molecule has 0 bridgehead atoms. The van der Waals surface area contributed by atoms with Gasteiger partial charge in [-0.25, -0.2) is 8.78 Å². The number of carbonyl (C=O) groups excluding carboxylic acids is 1. The third kappa shape index (κ3) is 3.12. The summed E-state index contributed by atoms with van der Waals surface area (Å²) in [5.41, 5.74) is 0. The molecule has 1 aliphatic carbocycles. The Bertz CT molecular complexity index is 296. The number of ether oxygens (including phenoxy) is 1. The van der Waals surface area contributed by atoms with Crippen LogP contribution < -0.4 is 5.32 Å². The fraction of sp³-hybridized carbons (Fsp3) is 0.917. The molecule has 3 nitrogen and oxygen atoms in total. The van der Waals surface area contributed by atoms with Crippen LogP contribution in [-0.4, -0.2) is 31.1 Å². The molecule has 2 aliphatic rings. The number of alkyl halides is 2. The van der Waals surface area contributed by atoms with Crippen LogP contribution in [0.4, 0.5) is 8.78 Å². The highest BCUT2D eigenvalue weighted by molar-refractivity contribution is 5.85. The van der Waals surface area contributed by atoms with Gasteiger partial charge in [-0.3, -0.25) is 4.79 Å². The maximum absolute atomic E-state index is 13.6.